The minimum atomic E-state index is -0.229. The molecule has 1 aromatic carbocycles. The molecule has 0 atom stereocenters. The third-order valence-corrected chi connectivity index (χ3v) is 2.96. The largest absolute Gasteiger partial charge is 0.438 e. The van der Waals surface area contributed by atoms with E-state index in [1.807, 2.05) is 22.6 Å². The highest BCUT2D eigenvalue weighted by Crippen LogP contribution is 2.24. The molecule has 0 aliphatic heterocycles. The number of nitrogens with zero attached hydrogens (tertiary/aromatic N) is 1. The first kappa shape index (κ1) is 11.4. The zero-order valence-electron chi connectivity index (χ0n) is 7.91. The van der Waals surface area contributed by atoms with Gasteiger partial charge in [-0.1, -0.05) is 17.7 Å². The molecule has 0 radical (unpaired) electrons. The highest BCUT2D eigenvalue weighted by Gasteiger charge is 2.07. The highest BCUT2D eigenvalue weighted by atomic mass is 127. The van der Waals surface area contributed by atoms with Crippen molar-refractivity contribution in [2.45, 2.75) is 0 Å². The molecular weight excluding hydrogens is 342 g/mol. The second-order valence-electron chi connectivity index (χ2n) is 2.91. The third kappa shape index (κ3) is 2.53. The van der Waals surface area contributed by atoms with Crippen LogP contribution >= 0.6 is 34.2 Å². The average Bonchev–Trinajstić information content (AvgIpc) is 2.25. The molecule has 1 aromatic heterocycles. The van der Waals surface area contributed by atoms with Gasteiger partial charge in [-0.05, 0) is 40.8 Å². The lowest BCUT2D eigenvalue weighted by Gasteiger charge is -2.05. The lowest BCUT2D eigenvalue weighted by molar-refractivity contribution is 0.456. The Balaban J connectivity index is 2.34. The van der Waals surface area contributed by atoms with E-state index in [2.05, 4.69) is 9.97 Å². The predicted molar refractivity (Wildman–Crippen MR) is 69.1 cm³/mol. The molecule has 0 saturated heterocycles. The molecule has 0 aliphatic rings. The highest BCUT2D eigenvalue weighted by molar-refractivity contribution is 14.1. The van der Waals surface area contributed by atoms with Crippen LogP contribution in [0, 0.1) is 3.57 Å². The maximum atomic E-state index is 11.3. The second-order valence-corrected chi connectivity index (χ2v) is 4.43. The van der Waals surface area contributed by atoms with E-state index in [0.29, 0.717) is 14.3 Å². The van der Waals surface area contributed by atoms with Crippen LogP contribution in [0.4, 0.5) is 0 Å². The zero-order chi connectivity index (χ0) is 11.5. The van der Waals surface area contributed by atoms with E-state index in [0.717, 1.165) is 0 Å². The topological polar surface area (TPSA) is 55.0 Å². The lowest BCUT2D eigenvalue weighted by Crippen LogP contribution is -2.11. The maximum absolute atomic E-state index is 11.3. The van der Waals surface area contributed by atoms with Crippen molar-refractivity contribution < 1.29 is 4.74 Å². The van der Waals surface area contributed by atoms with Crippen LogP contribution in [0.5, 0.6) is 11.6 Å². The summed E-state index contributed by atoms with van der Waals surface area (Å²) in [6.45, 7) is 0. The Morgan fingerprint density at radius 3 is 3.00 bits per heavy atom. The van der Waals surface area contributed by atoms with Gasteiger partial charge in [0.2, 0.25) is 5.88 Å². The molecule has 82 valence electrons. The van der Waals surface area contributed by atoms with Crippen LogP contribution in [0.1, 0.15) is 0 Å². The fraction of sp³-hybridized carbons (Fsp3) is 0. The van der Waals surface area contributed by atoms with Gasteiger partial charge in [0.15, 0.2) is 0 Å². The Kier molecular flexibility index (Phi) is 3.45. The first-order valence-electron chi connectivity index (χ1n) is 4.33. The summed E-state index contributed by atoms with van der Waals surface area (Å²) in [5, 5.41) is 0.567. The predicted octanol–water partition coefficient (Wildman–Crippen LogP) is 2.82. The molecule has 4 nitrogen and oxygen atoms in total. The van der Waals surface area contributed by atoms with Crippen LogP contribution in [0.2, 0.25) is 5.02 Å². The molecule has 0 spiro atoms. The van der Waals surface area contributed by atoms with Crippen LogP contribution in [0.25, 0.3) is 0 Å². The van der Waals surface area contributed by atoms with E-state index in [9.17, 15) is 4.79 Å². The van der Waals surface area contributed by atoms with Gasteiger partial charge < -0.3 is 9.72 Å². The molecule has 2 rings (SSSR count). The average molecular weight is 349 g/mol. The van der Waals surface area contributed by atoms with Crippen molar-refractivity contribution in [2.24, 2.45) is 0 Å². The summed E-state index contributed by atoms with van der Waals surface area (Å²) < 4.78 is 5.85. The number of ether oxygens (including phenoxy) is 1. The summed E-state index contributed by atoms with van der Waals surface area (Å²) in [5.41, 5.74) is -0.229. The molecule has 1 heterocycles. The van der Waals surface area contributed by atoms with E-state index < -0.39 is 0 Å². The number of aromatic nitrogens is 2. The van der Waals surface area contributed by atoms with Gasteiger partial charge in [0, 0.05) is 5.02 Å². The molecule has 0 saturated carbocycles. The first-order chi connectivity index (χ1) is 7.66. The fourth-order valence-electron chi connectivity index (χ4n) is 1.08. The smallest absolute Gasteiger partial charge is 0.268 e. The van der Waals surface area contributed by atoms with Gasteiger partial charge in [0.1, 0.15) is 9.32 Å². The number of H-pyrrole nitrogens is 1. The Hall–Kier alpha value is -1.08. The minimum Gasteiger partial charge on any atom is -0.438 e. The Labute approximate surface area is 110 Å². The van der Waals surface area contributed by atoms with Crippen LogP contribution in [-0.4, -0.2) is 9.97 Å². The van der Waals surface area contributed by atoms with Crippen LogP contribution < -0.4 is 10.3 Å². The summed E-state index contributed by atoms with van der Waals surface area (Å²) in [7, 11) is 0. The number of aromatic amines is 1. The van der Waals surface area contributed by atoms with Gasteiger partial charge in [-0.15, -0.1) is 0 Å². The van der Waals surface area contributed by atoms with E-state index in [4.69, 9.17) is 16.3 Å². The van der Waals surface area contributed by atoms with Gasteiger partial charge in [0.05, 0.1) is 6.33 Å². The number of rotatable bonds is 2. The number of nitrogens with one attached hydrogen (secondary N) is 1. The van der Waals surface area contributed by atoms with Gasteiger partial charge in [-0.2, -0.15) is 0 Å². The van der Waals surface area contributed by atoms with E-state index in [1.54, 1.807) is 24.3 Å². The van der Waals surface area contributed by atoms with E-state index >= 15 is 0 Å². The summed E-state index contributed by atoms with van der Waals surface area (Å²) in [6, 6.07) is 6.90. The molecule has 0 unspecified atom stereocenters. The third-order valence-electron chi connectivity index (χ3n) is 1.78. The molecule has 2 aromatic rings. The van der Waals surface area contributed by atoms with Crippen molar-refractivity contribution in [3.8, 4) is 11.6 Å². The Morgan fingerprint density at radius 1 is 1.44 bits per heavy atom. The van der Waals surface area contributed by atoms with Crippen LogP contribution in [0.3, 0.4) is 0 Å². The molecule has 0 bridgehead atoms. The SMILES string of the molecule is O=c1[nH]cnc(Oc2cccc(Cl)c2)c1I. The van der Waals surface area contributed by atoms with Gasteiger partial charge in [-0.3, -0.25) is 4.79 Å². The van der Waals surface area contributed by atoms with Gasteiger partial charge >= 0.3 is 0 Å². The standard InChI is InChI=1S/C10H6ClIN2O2/c11-6-2-1-3-7(4-6)16-10-8(12)9(15)13-5-14-10/h1-5H,(H,13,14,15). The molecule has 6 heteroatoms. The fourth-order valence-corrected chi connectivity index (χ4v) is 1.67. The lowest BCUT2D eigenvalue weighted by atomic mass is 10.3. The van der Waals surface area contributed by atoms with Crippen molar-refractivity contribution in [1.29, 1.82) is 0 Å². The van der Waals surface area contributed by atoms with Crippen molar-refractivity contribution >= 4 is 34.2 Å². The van der Waals surface area contributed by atoms with Gasteiger partial charge in [-0.25, -0.2) is 4.98 Å². The van der Waals surface area contributed by atoms with Crippen molar-refractivity contribution in [1.82, 2.24) is 9.97 Å². The van der Waals surface area contributed by atoms with Gasteiger partial charge in [0.25, 0.3) is 5.56 Å². The van der Waals surface area contributed by atoms with Crippen LogP contribution in [-0.2, 0) is 0 Å². The monoisotopic (exact) mass is 348 g/mol. The van der Waals surface area contributed by atoms with Crippen molar-refractivity contribution in [3.63, 3.8) is 0 Å². The molecule has 0 fully saturated rings. The zero-order valence-corrected chi connectivity index (χ0v) is 10.8. The maximum Gasteiger partial charge on any atom is 0.268 e. The Morgan fingerprint density at radius 2 is 2.25 bits per heavy atom. The molecule has 1 N–H and O–H groups in total. The van der Waals surface area contributed by atoms with Crippen LogP contribution in [0.15, 0.2) is 35.4 Å². The Bertz CT molecular complexity index is 571. The van der Waals surface area contributed by atoms with Crippen molar-refractivity contribution in [2.75, 3.05) is 0 Å². The number of hydrogen-bond acceptors (Lipinski definition) is 3. The minimum absolute atomic E-state index is 0.229. The van der Waals surface area contributed by atoms with E-state index in [-0.39, 0.29) is 11.4 Å². The normalized spacial score (nSPS) is 10.1. The second kappa shape index (κ2) is 4.84. The number of hydrogen-bond donors (Lipinski definition) is 1. The molecule has 0 amide bonds. The molecular formula is C10H6ClIN2O2. The summed E-state index contributed by atoms with van der Waals surface area (Å²) in [6.07, 6.45) is 1.30. The molecule has 16 heavy (non-hydrogen) atoms. The van der Waals surface area contributed by atoms with E-state index in [1.165, 1.54) is 6.33 Å². The van der Waals surface area contributed by atoms with Crippen molar-refractivity contribution in [3.05, 3.63) is 49.5 Å². The summed E-state index contributed by atoms with van der Waals surface area (Å²) >= 11 is 7.69. The first-order valence-corrected chi connectivity index (χ1v) is 5.79. The summed E-state index contributed by atoms with van der Waals surface area (Å²) in [4.78, 5) is 17.7. The quantitative estimate of drug-likeness (QED) is 0.849. The number of benzene rings is 1. The summed E-state index contributed by atoms with van der Waals surface area (Å²) in [5.74, 6) is 0.815. The number of halogens is 2. The molecule has 0 aliphatic carbocycles.